The van der Waals surface area contributed by atoms with E-state index in [1.807, 2.05) is 0 Å². The fraction of sp³-hybridized carbons (Fsp3) is 0.250. The number of sulfonamides is 1. The van der Waals surface area contributed by atoms with E-state index in [1.165, 1.54) is 12.1 Å². The molecule has 0 aliphatic carbocycles. The lowest BCUT2D eigenvalue weighted by atomic mass is 10.4. The average Bonchev–Trinajstić information content (AvgIpc) is 2.02. The van der Waals surface area contributed by atoms with Crippen molar-refractivity contribution in [3.8, 4) is 0 Å². The maximum Gasteiger partial charge on any atom is 0.282 e. The van der Waals surface area contributed by atoms with Crippen LogP contribution in [0.15, 0.2) is 29.2 Å². The highest BCUT2D eigenvalue weighted by molar-refractivity contribution is 7.89. The van der Waals surface area contributed by atoms with Gasteiger partial charge in [0.15, 0.2) is 0 Å². The van der Waals surface area contributed by atoms with Crippen molar-refractivity contribution in [1.82, 2.24) is 4.83 Å². The van der Waals surface area contributed by atoms with Gasteiger partial charge < -0.3 is 0 Å². The van der Waals surface area contributed by atoms with Crippen LogP contribution in [0.1, 0.15) is 0 Å². The lowest BCUT2D eigenvalue weighted by Gasteiger charge is -2.09. The molecule has 1 aromatic rings. The molecule has 0 atom stereocenters. The van der Waals surface area contributed by atoms with E-state index in [9.17, 15) is 8.42 Å². The van der Waals surface area contributed by atoms with Crippen molar-refractivity contribution in [3.05, 3.63) is 29.3 Å². The van der Waals surface area contributed by atoms with E-state index in [1.54, 1.807) is 26.2 Å². The second-order valence-electron chi connectivity index (χ2n) is 3.06. The number of nitrogens with one attached hydrogen (secondary N) is 2. The zero-order valence-electron chi connectivity index (χ0n) is 7.91. The normalized spacial score (nSPS) is 12.0. The summed E-state index contributed by atoms with van der Waals surface area (Å²) >= 11 is 5.65. The summed E-state index contributed by atoms with van der Waals surface area (Å²) in [7, 11) is -0.0460. The van der Waals surface area contributed by atoms with Crippen molar-refractivity contribution >= 4 is 21.6 Å². The van der Waals surface area contributed by atoms with Crippen LogP contribution in [0.4, 0.5) is 0 Å². The van der Waals surface area contributed by atoms with E-state index >= 15 is 0 Å². The molecular weight excluding hydrogens is 224 g/mol. The Morgan fingerprint density at radius 1 is 1.21 bits per heavy atom. The van der Waals surface area contributed by atoms with Crippen molar-refractivity contribution in [3.63, 3.8) is 0 Å². The molecule has 0 saturated carbocycles. The minimum absolute atomic E-state index is 0.211. The summed E-state index contributed by atoms with van der Waals surface area (Å²) < 4.78 is 23.2. The first-order valence-corrected chi connectivity index (χ1v) is 5.86. The monoisotopic (exact) mass is 235 g/mol. The van der Waals surface area contributed by atoms with E-state index < -0.39 is 10.0 Å². The van der Waals surface area contributed by atoms with Crippen LogP contribution in [0, 0.1) is 0 Å². The van der Waals surface area contributed by atoms with E-state index in [4.69, 9.17) is 11.6 Å². The molecule has 14 heavy (non-hydrogen) atoms. The number of hydrogen-bond acceptors (Lipinski definition) is 2. The zero-order chi connectivity index (χ0) is 10.8. The minimum atomic E-state index is -3.42. The molecule has 0 radical (unpaired) electrons. The third kappa shape index (κ3) is 2.95. The lowest BCUT2D eigenvalue weighted by Crippen LogP contribution is -3.13. The molecular formula is C8H12ClN2O2S+. The zero-order valence-corrected chi connectivity index (χ0v) is 9.48. The summed E-state index contributed by atoms with van der Waals surface area (Å²) in [4.78, 5) is 2.61. The first-order valence-electron chi connectivity index (χ1n) is 4.00. The van der Waals surface area contributed by atoms with Gasteiger partial charge in [-0.1, -0.05) is 16.4 Å². The Kier molecular flexibility index (Phi) is 3.49. The second kappa shape index (κ2) is 4.27. The fourth-order valence-corrected chi connectivity index (χ4v) is 2.22. The minimum Gasteiger partial charge on any atom is -0.248 e. The molecule has 0 spiro atoms. The standard InChI is InChI=1S/C8H11ClN2O2S/c1-11(2)10-14(12,13)8-5-3-7(9)4-6-8/h3-6,10H,1-2H3/p+1. The number of halogens is 1. The highest BCUT2D eigenvalue weighted by Gasteiger charge is 2.16. The Bertz CT molecular complexity index is 400. The highest BCUT2D eigenvalue weighted by atomic mass is 35.5. The second-order valence-corrected chi connectivity index (χ2v) is 5.18. The maximum absolute atomic E-state index is 11.6. The third-order valence-electron chi connectivity index (χ3n) is 1.46. The summed E-state index contributed by atoms with van der Waals surface area (Å²) in [5, 5.41) is 1.14. The quantitative estimate of drug-likeness (QED) is 0.706. The highest BCUT2D eigenvalue weighted by Crippen LogP contribution is 2.12. The molecule has 0 aliphatic rings. The Hall–Kier alpha value is -0.620. The number of benzene rings is 1. The number of rotatable bonds is 3. The molecule has 0 saturated heterocycles. The Morgan fingerprint density at radius 2 is 1.71 bits per heavy atom. The van der Waals surface area contributed by atoms with E-state index in [-0.39, 0.29) is 4.90 Å². The summed E-state index contributed by atoms with van der Waals surface area (Å²) in [5.41, 5.74) is 0. The van der Waals surface area contributed by atoms with E-state index in [0.29, 0.717) is 10.0 Å². The molecule has 1 aromatic carbocycles. The summed E-state index contributed by atoms with van der Waals surface area (Å²) in [6.07, 6.45) is 0. The van der Waals surface area contributed by atoms with Crippen LogP contribution < -0.4 is 9.84 Å². The molecule has 4 nitrogen and oxygen atoms in total. The first kappa shape index (κ1) is 11.5. The van der Waals surface area contributed by atoms with Gasteiger partial charge in [-0.15, -0.1) is 0 Å². The number of hydrogen-bond donors (Lipinski definition) is 2. The molecule has 0 bridgehead atoms. The van der Waals surface area contributed by atoms with Crippen LogP contribution in [-0.2, 0) is 10.0 Å². The van der Waals surface area contributed by atoms with Crippen molar-refractivity contribution in [1.29, 1.82) is 0 Å². The number of quaternary nitrogens is 1. The van der Waals surface area contributed by atoms with Crippen LogP contribution in [0.3, 0.4) is 0 Å². The SMILES string of the molecule is C[NH+](C)NS(=O)(=O)c1ccc(Cl)cc1. The third-order valence-corrected chi connectivity index (χ3v) is 3.28. The van der Waals surface area contributed by atoms with E-state index in [2.05, 4.69) is 4.83 Å². The largest absolute Gasteiger partial charge is 0.282 e. The Morgan fingerprint density at radius 3 is 2.14 bits per heavy atom. The molecule has 1 rings (SSSR count). The van der Waals surface area contributed by atoms with Crippen molar-refractivity contribution < 1.29 is 13.4 Å². The van der Waals surface area contributed by atoms with Gasteiger partial charge in [-0.25, -0.2) is 13.4 Å². The first-order chi connectivity index (χ1) is 6.42. The van der Waals surface area contributed by atoms with Gasteiger partial charge in [0.2, 0.25) is 0 Å². The topological polar surface area (TPSA) is 50.6 Å². The van der Waals surface area contributed by atoms with Gasteiger partial charge in [0, 0.05) is 5.02 Å². The van der Waals surface area contributed by atoms with Gasteiger partial charge in [-0.05, 0) is 24.3 Å². The van der Waals surface area contributed by atoms with Crippen molar-refractivity contribution in [2.45, 2.75) is 4.90 Å². The smallest absolute Gasteiger partial charge is 0.248 e. The predicted octanol–water partition coefficient (Wildman–Crippen LogP) is -0.322. The molecule has 6 heteroatoms. The molecule has 2 N–H and O–H groups in total. The van der Waals surface area contributed by atoms with Crippen LogP contribution in [0.2, 0.25) is 5.02 Å². The summed E-state index contributed by atoms with van der Waals surface area (Å²) in [6.45, 7) is 0. The maximum atomic E-state index is 11.6. The van der Waals surface area contributed by atoms with E-state index in [0.717, 1.165) is 0 Å². The van der Waals surface area contributed by atoms with Crippen molar-refractivity contribution in [2.75, 3.05) is 14.1 Å². The van der Waals surface area contributed by atoms with Crippen LogP contribution in [0.25, 0.3) is 0 Å². The lowest BCUT2D eigenvalue weighted by molar-refractivity contribution is -0.890. The Balaban J connectivity index is 2.99. The fourth-order valence-electron chi connectivity index (χ4n) is 0.941. The average molecular weight is 236 g/mol. The van der Waals surface area contributed by atoms with Gasteiger partial charge in [-0.2, -0.15) is 0 Å². The predicted molar refractivity (Wildman–Crippen MR) is 54.6 cm³/mol. The molecule has 0 aliphatic heterocycles. The van der Waals surface area contributed by atoms with Crippen molar-refractivity contribution in [2.24, 2.45) is 0 Å². The van der Waals surface area contributed by atoms with Gasteiger partial charge in [-0.3, -0.25) is 0 Å². The van der Waals surface area contributed by atoms with Gasteiger partial charge in [0.05, 0.1) is 19.0 Å². The van der Waals surface area contributed by atoms with Gasteiger partial charge in [0.1, 0.15) is 0 Å². The summed E-state index contributed by atoms with van der Waals surface area (Å²) in [5.74, 6) is 0. The Labute approximate surface area is 88.5 Å². The molecule has 0 fully saturated rings. The van der Waals surface area contributed by atoms with Gasteiger partial charge >= 0.3 is 0 Å². The van der Waals surface area contributed by atoms with Gasteiger partial charge in [0.25, 0.3) is 10.0 Å². The molecule has 0 unspecified atom stereocenters. The van der Waals surface area contributed by atoms with Crippen LogP contribution >= 0.6 is 11.6 Å². The molecule has 78 valence electrons. The van der Waals surface area contributed by atoms with Crippen LogP contribution in [0.5, 0.6) is 0 Å². The molecule has 0 aromatic heterocycles. The van der Waals surface area contributed by atoms with Crippen LogP contribution in [-0.4, -0.2) is 22.5 Å². The summed E-state index contributed by atoms with van der Waals surface area (Å²) in [6, 6.07) is 6.02. The molecule has 0 heterocycles. The molecule has 0 amide bonds.